The number of hydrogen-bond acceptors (Lipinski definition) is 1. The summed E-state index contributed by atoms with van der Waals surface area (Å²) in [5, 5.41) is 0. The largest absolute Gasteiger partial charge is 0.405 e. The molecule has 10 aromatic rings. The Morgan fingerprint density at radius 1 is 0.342 bits per heavy atom. The summed E-state index contributed by atoms with van der Waals surface area (Å²) in [5.41, 5.74) is 30.5. The van der Waals surface area contributed by atoms with Crippen LogP contribution in [-0.4, -0.2) is 0 Å². The first kappa shape index (κ1) is 52.3. The van der Waals surface area contributed by atoms with Gasteiger partial charge in [0.25, 0.3) is 0 Å². The van der Waals surface area contributed by atoms with Gasteiger partial charge in [-0.2, -0.15) is 0 Å². The highest BCUT2D eigenvalue weighted by Gasteiger charge is 2.13. The van der Waals surface area contributed by atoms with Gasteiger partial charge >= 0.3 is 0 Å². The van der Waals surface area contributed by atoms with Crippen molar-refractivity contribution in [1.82, 2.24) is 0 Å². The van der Waals surface area contributed by atoms with Gasteiger partial charge in [-0.25, -0.2) is 0 Å². The third-order valence-electron chi connectivity index (χ3n) is 13.3. The fraction of sp³-hybridized carbons (Fsp3) is 0.111. The third-order valence-corrected chi connectivity index (χ3v) is 13.3. The molecule has 1 nitrogen and oxygen atoms in total. The lowest BCUT2D eigenvalue weighted by atomic mass is 9.88. The van der Waals surface area contributed by atoms with E-state index in [-0.39, 0.29) is 5.92 Å². The van der Waals surface area contributed by atoms with Crippen LogP contribution in [0.4, 0.5) is 0 Å². The van der Waals surface area contributed by atoms with Gasteiger partial charge in [-0.1, -0.05) is 260 Å². The third kappa shape index (κ3) is 14.3. The van der Waals surface area contributed by atoms with E-state index in [4.69, 9.17) is 0 Å². The molecule has 0 aliphatic heterocycles. The molecule has 2 N–H and O–H groups in total. The van der Waals surface area contributed by atoms with Crippen LogP contribution < -0.4 is 5.73 Å². The summed E-state index contributed by atoms with van der Waals surface area (Å²) < 4.78 is 0. The van der Waals surface area contributed by atoms with Gasteiger partial charge in [0.05, 0.1) is 0 Å². The van der Waals surface area contributed by atoms with Crippen molar-refractivity contribution in [3.05, 3.63) is 318 Å². The van der Waals surface area contributed by atoms with Crippen LogP contribution >= 0.6 is 0 Å². The first-order valence-electron chi connectivity index (χ1n) is 25.3. The van der Waals surface area contributed by atoms with E-state index < -0.39 is 0 Å². The zero-order valence-corrected chi connectivity index (χ0v) is 43.7. The lowest BCUT2D eigenvalue weighted by molar-refractivity contribution is 1.02. The number of hydrogen-bond donors (Lipinski definition) is 1. The standard InChI is InChI=1S/C28H26.C23H22.C19H16.C2H5N/c1-19-9-5-7-11-25(19)27-17-23(15-13-21(27)3)24-16-14-22(4)28(18-24)26-12-8-6-10-20(26)2;1-18-13-15-22(16-14-18)23(21-11-7-4-8-12-21)17-19(2)20-9-5-3-6-10-20;1-15-7-9-17(10-8-15)19-13-11-18(12-14-19)16-5-3-2-4-6-16;1-2-3/h5-18H,1-4H3;3-17,23H,1-2H3;2-14H,1H3;2H,1,3H2/b;19-17+;;. The lowest BCUT2D eigenvalue weighted by Gasteiger charge is -2.16. The minimum atomic E-state index is 0.275. The van der Waals surface area contributed by atoms with E-state index in [1.165, 1.54) is 117 Å². The Labute approximate surface area is 436 Å². The predicted octanol–water partition coefficient (Wildman–Crippen LogP) is 19.6. The maximum atomic E-state index is 4.61. The second-order valence-electron chi connectivity index (χ2n) is 18.7. The summed E-state index contributed by atoms with van der Waals surface area (Å²) in [7, 11) is 0. The molecule has 0 aliphatic carbocycles. The van der Waals surface area contributed by atoms with E-state index in [2.05, 4.69) is 310 Å². The van der Waals surface area contributed by atoms with Gasteiger partial charge < -0.3 is 5.73 Å². The second kappa shape index (κ2) is 26.1. The van der Waals surface area contributed by atoms with E-state index in [0.29, 0.717) is 0 Å². The highest BCUT2D eigenvalue weighted by molar-refractivity contribution is 5.81. The topological polar surface area (TPSA) is 26.0 Å². The van der Waals surface area contributed by atoms with Crippen LogP contribution in [0.5, 0.6) is 0 Å². The molecule has 0 amide bonds. The summed E-state index contributed by atoms with van der Waals surface area (Å²) >= 11 is 0. The van der Waals surface area contributed by atoms with Crippen LogP contribution in [0, 0.1) is 41.5 Å². The molecule has 1 unspecified atom stereocenters. The van der Waals surface area contributed by atoms with Crippen LogP contribution in [0.2, 0.25) is 0 Å². The molecule has 0 aromatic heterocycles. The maximum absolute atomic E-state index is 4.61. The summed E-state index contributed by atoms with van der Waals surface area (Å²) in [6.07, 6.45) is 3.62. The first-order valence-corrected chi connectivity index (χ1v) is 25.3. The van der Waals surface area contributed by atoms with E-state index in [1.54, 1.807) is 0 Å². The summed E-state index contributed by atoms with van der Waals surface area (Å²) in [6, 6.07) is 88.9. The van der Waals surface area contributed by atoms with Crippen molar-refractivity contribution in [3.63, 3.8) is 0 Å². The molecule has 0 saturated carbocycles. The average Bonchev–Trinajstić information content (AvgIpc) is 3.43. The molecule has 1 heteroatoms. The summed E-state index contributed by atoms with van der Waals surface area (Å²) in [4.78, 5) is 0. The van der Waals surface area contributed by atoms with E-state index >= 15 is 0 Å². The number of benzene rings is 10. The number of rotatable bonds is 9. The molecule has 73 heavy (non-hydrogen) atoms. The average molecular weight is 948 g/mol. The van der Waals surface area contributed by atoms with Gasteiger partial charge in [0.1, 0.15) is 0 Å². The fourth-order valence-electron chi connectivity index (χ4n) is 9.03. The van der Waals surface area contributed by atoms with E-state index in [0.717, 1.165) is 0 Å². The Morgan fingerprint density at radius 3 is 1.10 bits per heavy atom. The van der Waals surface area contributed by atoms with Crippen molar-refractivity contribution in [2.75, 3.05) is 0 Å². The minimum absolute atomic E-state index is 0.275. The van der Waals surface area contributed by atoms with E-state index in [9.17, 15) is 0 Å². The molecule has 362 valence electrons. The van der Waals surface area contributed by atoms with Gasteiger partial charge in [-0.3, -0.25) is 0 Å². The smallest absolute Gasteiger partial charge is 0.0275 e. The molecule has 0 aliphatic rings. The Hall–Kier alpha value is -8.52. The number of aryl methyl sites for hydroxylation is 6. The molecular weight excluding hydrogens is 879 g/mol. The highest BCUT2D eigenvalue weighted by Crippen LogP contribution is 2.35. The van der Waals surface area contributed by atoms with Gasteiger partial charge in [0, 0.05) is 5.92 Å². The van der Waals surface area contributed by atoms with Crippen LogP contribution in [0.15, 0.2) is 268 Å². The van der Waals surface area contributed by atoms with Gasteiger partial charge in [0.15, 0.2) is 0 Å². The van der Waals surface area contributed by atoms with Gasteiger partial charge in [-0.05, 0) is 167 Å². The minimum Gasteiger partial charge on any atom is -0.405 e. The second-order valence-corrected chi connectivity index (χ2v) is 18.7. The van der Waals surface area contributed by atoms with Crippen LogP contribution in [-0.2, 0) is 0 Å². The normalized spacial score (nSPS) is 11.1. The van der Waals surface area contributed by atoms with Crippen molar-refractivity contribution in [2.45, 2.75) is 54.4 Å². The van der Waals surface area contributed by atoms with Crippen molar-refractivity contribution in [1.29, 1.82) is 0 Å². The summed E-state index contributed by atoms with van der Waals surface area (Å²) in [6.45, 7) is 18.3. The first-order chi connectivity index (χ1) is 35.5. The van der Waals surface area contributed by atoms with Crippen LogP contribution in [0.3, 0.4) is 0 Å². The maximum Gasteiger partial charge on any atom is 0.0275 e. The number of allylic oxidation sites excluding steroid dienone is 2. The Kier molecular flexibility index (Phi) is 18.7. The summed E-state index contributed by atoms with van der Waals surface area (Å²) in [5.74, 6) is 0.275. The molecular formula is C72H69N. The number of nitrogens with two attached hydrogens (primary N) is 1. The molecule has 10 rings (SSSR count). The quantitative estimate of drug-likeness (QED) is 0.153. The highest BCUT2D eigenvalue weighted by atomic mass is 14.5. The van der Waals surface area contributed by atoms with Gasteiger partial charge in [-0.15, -0.1) is 0 Å². The van der Waals surface area contributed by atoms with Gasteiger partial charge in [0.2, 0.25) is 0 Å². The zero-order chi connectivity index (χ0) is 51.5. The lowest BCUT2D eigenvalue weighted by Crippen LogP contribution is -1.99. The van der Waals surface area contributed by atoms with E-state index in [1.807, 2.05) is 6.07 Å². The molecule has 0 fully saturated rings. The molecule has 0 radical (unpaired) electrons. The van der Waals surface area contributed by atoms with Crippen molar-refractivity contribution in [2.24, 2.45) is 5.73 Å². The zero-order valence-electron chi connectivity index (χ0n) is 43.7. The predicted molar refractivity (Wildman–Crippen MR) is 318 cm³/mol. The molecule has 0 saturated heterocycles. The Balaban J connectivity index is 0.000000159. The molecule has 0 heterocycles. The fourth-order valence-corrected chi connectivity index (χ4v) is 9.03. The molecule has 10 aromatic carbocycles. The van der Waals surface area contributed by atoms with Crippen molar-refractivity contribution >= 4 is 5.57 Å². The molecule has 0 bridgehead atoms. The van der Waals surface area contributed by atoms with Crippen LogP contribution in [0.1, 0.15) is 62.9 Å². The Bertz CT molecular complexity index is 3230. The van der Waals surface area contributed by atoms with Crippen molar-refractivity contribution < 1.29 is 0 Å². The monoisotopic (exact) mass is 948 g/mol. The SMILES string of the molecule is C/C(=C\C(c1ccccc1)c1ccc(C)cc1)c1ccccc1.C=CN.Cc1ccc(-c2ccc(-c3ccccc3)cc2)cc1.Cc1ccccc1-c1cc(-c2ccc(C)c(-c3ccccc3C)c2)ccc1C. The molecule has 1 atom stereocenters. The van der Waals surface area contributed by atoms with Crippen molar-refractivity contribution in [3.8, 4) is 55.6 Å². The Morgan fingerprint density at radius 2 is 0.658 bits per heavy atom. The molecule has 0 spiro atoms. The van der Waals surface area contributed by atoms with Crippen LogP contribution in [0.25, 0.3) is 61.2 Å².